The summed E-state index contributed by atoms with van der Waals surface area (Å²) in [7, 11) is 1.61. The van der Waals surface area contributed by atoms with Gasteiger partial charge in [-0.25, -0.2) is 9.18 Å². The standard InChI is InChI=1S/C24H27FN2O5S/c1-30-19-4-6-20(7-5-19)31-15-21-14-27(24(29)32-21)18-10-12-26(13-11-18)23(28)16-33-22-8-2-17(25)3-9-22/h2-9,18,21H,10-16H2,1H3. The first-order valence-electron chi connectivity index (χ1n) is 10.9. The van der Waals surface area contributed by atoms with Gasteiger partial charge in [0.25, 0.3) is 0 Å². The van der Waals surface area contributed by atoms with Crippen LogP contribution in [-0.4, -0.2) is 73.0 Å². The van der Waals surface area contributed by atoms with Gasteiger partial charge >= 0.3 is 6.09 Å². The normalized spacial score (nSPS) is 18.8. The number of benzene rings is 2. The molecule has 2 saturated heterocycles. The van der Waals surface area contributed by atoms with Crippen molar-refractivity contribution in [2.45, 2.75) is 29.9 Å². The second-order valence-corrected chi connectivity index (χ2v) is 9.05. The van der Waals surface area contributed by atoms with Crippen LogP contribution in [0.4, 0.5) is 9.18 Å². The van der Waals surface area contributed by atoms with Crippen LogP contribution in [0, 0.1) is 5.82 Å². The molecular weight excluding hydrogens is 447 g/mol. The number of cyclic esters (lactones) is 1. The van der Waals surface area contributed by atoms with Crippen molar-refractivity contribution in [3.8, 4) is 11.5 Å². The van der Waals surface area contributed by atoms with E-state index in [0.29, 0.717) is 44.0 Å². The Hall–Kier alpha value is -2.94. The number of carbonyl (C=O) groups excluding carboxylic acids is 2. The van der Waals surface area contributed by atoms with Gasteiger partial charge in [0.2, 0.25) is 5.91 Å². The summed E-state index contributed by atoms with van der Waals surface area (Å²) in [6.07, 6.45) is 0.781. The summed E-state index contributed by atoms with van der Waals surface area (Å²) in [5, 5.41) is 0. The third-order valence-corrected chi connectivity index (χ3v) is 6.83. The molecule has 0 saturated carbocycles. The zero-order valence-electron chi connectivity index (χ0n) is 18.4. The average molecular weight is 475 g/mol. The van der Waals surface area contributed by atoms with Gasteiger partial charge in [-0.05, 0) is 61.4 Å². The molecule has 2 aliphatic rings. The Morgan fingerprint density at radius 2 is 1.76 bits per heavy atom. The van der Waals surface area contributed by atoms with Crippen LogP contribution in [0.15, 0.2) is 53.4 Å². The lowest BCUT2D eigenvalue weighted by Gasteiger charge is -2.35. The quantitative estimate of drug-likeness (QED) is 0.542. The predicted octanol–water partition coefficient (Wildman–Crippen LogP) is 3.82. The summed E-state index contributed by atoms with van der Waals surface area (Å²) >= 11 is 1.40. The maximum atomic E-state index is 13.0. The molecule has 2 aromatic carbocycles. The highest BCUT2D eigenvalue weighted by Crippen LogP contribution is 2.25. The van der Waals surface area contributed by atoms with Crippen LogP contribution in [0.1, 0.15) is 12.8 Å². The van der Waals surface area contributed by atoms with E-state index in [-0.39, 0.29) is 36.6 Å². The molecule has 0 spiro atoms. The van der Waals surface area contributed by atoms with Crippen LogP contribution in [0.5, 0.6) is 11.5 Å². The maximum Gasteiger partial charge on any atom is 0.410 e. The Balaban J connectivity index is 1.20. The molecule has 4 rings (SSSR count). The molecule has 2 aromatic rings. The zero-order chi connectivity index (χ0) is 23.2. The van der Waals surface area contributed by atoms with Gasteiger partial charge in [0.1, 0.15) is 23.9 Å². The van der Waals surface area contributed by atoms with Gasteiger partial charge < -0.3 is 24.0 Å². The van der Waals surface area contributed by atoms with Gasteiger partial charge in [0, 0.05) is 24.0 Å². The molecule has 0 bridgehead atoms. The molecule has 9 heteroatoms. The Labute approximate surface area is 196 Å². The Morgan fingerprint density at radius 1 is 1.09 bits per heavy atom. The lowest BCUT2D eigenvalue weighted by molar-refractivity contribution is -0.129. The second kappa shape index (κ2) is 10.8. The number of methoxy groups -OCH3 is 1. The number of nitrogens with zero attached hydrogens (tertiary/aromatic N) is 2. The molecule has 0 aromatic heterocycles. The van der Waals surface area contributed by atoms with E-state index in [2.05, 4.69) is 0 Å². The molecule has 2 heterocycles. The van der Waals surface area contributed by atoms with Gasteiger partial charge in [-0.3, -0.25) is 4.79 Å². The largest absolute Gasteiger partial charge is 0.497 e. The first kappa shape index (κ1) is 23.2. The van der Waals surface area contributed by atoms with Gasteiger partial charge in [0.15, 0.2) is 6.10 Å². The van der Waals surface area contributed by atoms with Crippen LogP contribution >= 0.6 is 11.8 Å². The average Bonchev–Trinajstić information content (AvgIpc) is 3.23. The van der Waals surface area contributed by atoms with E-state index in [0.717, 1.165) is 10.6 Å². The fourth-order valence-corrected chi connectivity index (χ4v) is 4.78. The summed E-state index contributed by atoms with van der Waals surface area (Å²) in [5.41, 5.74) is 0. The number of hydrogen-bond donors (Lipinski definition) is 0. The smallest absolute Gasteiger partial charge is 0.410 e. The third kappa shape index (κ3) is 6.10. The SMILES string of the molecule is COc1ccc(OCC2CN(C3CCN(C(=O)CSc4ccc(F)cc4)CC3)C(=O)O2)cc1. The number of ether oxygens (including phenoxy) is 3. The van der Waals surface area contributed by atoms with E-state index in [1.807, 2.05) is 29.2 Å². The van der Waals surface area contributed by atoms with Crippen LogP contribution < -0.4 is 9.47 Å². The van der Waals surface area contributed by atoms with Crippen molar-refractivity contribution in [3.05, 3.63) is 54.3 Å². The van der Waals surface area contributed by atoms with Crippen molar-refractivity contribution in [1.29, 1.82) is 0 Å². The number of hydrogen-bond acceptors (Lipinski definition) is 6. The van der Waals surface area contributed by atoms with Crippen molar-refractivity contribution in [3.63, 3.8) is 0 Å². The monoisotopic (exact) mass is 474 g/mol. The molecule has 33 heavy (non-hydrogen) atoms. The Morgan fingerprint density at radius 3 is 2.42 bits per heavy atom. The van der Waals surface area contributed by atoms with Crippen molar-refractivity contribution in [2.75, 3.05) is 39.1 Å². The topological polar surface area (TPSA) is 68.3 Å². The van der Waals surface area contributed by atoms with Gasteiger partial charge in [-0.15, -0.1) is 11.8 Å². The summed E-state index contributed by atoms with van der Waals surface area (Å²) in [5.74, 6) is 1.52. The van der Waals surface area contributed by atoms with E-state index in [1.165, 1.54) is 23.9 Å². The zero-order valence-corrected chi connectivity index (χ0v) is 19.3. The molecule has 1 unspecified atom stereocenters. The van der Waals surface area contributed by atoms with E-state index in [9.17, 15) is 14.0 Å². The molecule has 7 nitrogen and oxygen atoms in total. The van der Waals surface area contributed by atoms with E-state index >= 15 is 0 Å². The lowest BCUT2D eigenvalue weighted by Crippen LogP contribution is -2.47. The van der Waals surface area contributed by atoms with Gasteiger partial charge in [-0.2, -0.15) is 0 Å². The second-order valence-electron chi connectivity index (χ2n) is 8.00. The number of likely N-dealkylation sites (tertiary alicyclic amines) is 1. The minimum atomic E-state index is -0.327. The first-order chi connectivity index (χ1) is 16.0. The molecule has 0 radical (unpaired) electrons. The van der Waals surface area contributed by atoms with Crippen molar-refractivity contribution in [2.24, 2.45) is 0 Å². The van der Waals surface area contributed by atoms with Crippen LogP contribution in [-0.2, 0) is 9.53 Å². The molecule has 0 aliphatic carbocycles. The molecule has 2 aliphatic heterocycles. The fraction of sp³-hybridized carbons (Fsp3) is 0.417. The van der Waals surface area contributed by atoms with E-state index < -0.39 is 0 Å². The molecule has 176 valence electrons. The predicted molar refractivity (Wildman–Crippen MR) is 122 cm³/mol. The first-order valence-corrected chi connectivity index (χ1v) is 11.9. The van der Waals surface area contributed by atoms with Gasteiger partial charge in [0.05, 0.1) is 19.4 Å². The number of amides is 2. The number of halogens is 1. The maximum absolute atomic E-state index is 13.0. The number of carbonyl (C=O) groups is 2. The van der Waals surface area contributed by atoms with Crippen LogP contribution in [0.25, 0.3) is 0 Å². The molecular formula is C24H27FN2O5S. The minimum Gasteiger partial charge on any atom is -0.497 e. The fourth-order valence-electron chi connectivity index (χ4n) is 3.98. The summed E-state index contributed by atoms with van der Waals surface area (Å²) < 4.78 is 29.4. The molecule has 2 fully saturated rings. The molecule has 1 atom stereocenters. The van der Waals surface area contributed by atoms with Gasteiger partial charge in [-0.1, -0.05) is 0 Å². The Bertz CT molecular complexity index is 948. The van der Waals surface area contributed by atoms with Crippen LogP contribution in [0.2, 0.25) is 0 Å². The number of piperidine rings is 1. The van der Waals surface area contributed by atoms with E-state index in [4.69, 9.17) is 14.2 Å². The van der Waals surface area contributed by atoms with Crippen LogP contribution in [0.3, 0.4) is 0 Å². The molecule has 0 N–H and O–H groups in total. The minimum absolute atomic E-state index is 0.0530. The van der Waals surface area contributed by atoms with E-state index in [1.54, 1.807) is 24.1 Å². The third-order valence-electron chi connectivity index (χ3n) is 5.83. The number of rotatable bonds is 8. The lowest BCUT2D eigenvalue weighted by atomic mass is 10.0. The Kier molecular flexibility index (Phi) is 7.59. The molecule has 2 amide bonds. The summed E-state index contributed by atoms with van der Waals surface area (Å²) in [6.45, 7) is 1.97. The summed E-state index contributed by atoms with van der Waals surface area (Å²) in [4.78, 5) is 29.4. The highest BCUT2D eigenvalue weighted by molar-refractivity contribution is 8.00. The summed E-state index contributed by atoms with van der Waals surface area (Å²) in [6, 6.07) is 13.4. The van der Waals surface area contributed by atoms with Crippen molar-refractivity contribution < 1.29 is 28.2 Å². The number of thioether (sulfide) groups is 1. The van der Waals surface area contributed by atoms with Crippen molar-refractivity contribution >= 4 is 23.8 Å². The highest BCUT2D eigenvalue weighted by Gasteiger charge is 2.38. The highest BCUT2D eigenvalue weighted by atomic mass is 32.2. The van der Waals surface area contributed by atoms with Crippen molar-refractivity contribution in [1.82, 2.24) is 9.80 Å².